The van der Waals surface area contributed by atoms with Crippen molar-refractivity contribution in [2.45, 2.75) is 26.3 Å². The summed E-state index contributed by atoms with van der Waals surface area (Å²) in [4.78, 5) is 16.8. The lowest BCUT2D eigenvalue weighted by Crippen LogP contribution is -2.24. The zero-order valence-electron chi connectivity index (χ0n) is 18.1. The number of fused-ring (bicyclic) bond motifs is 1. The summed E-state index contributed by atoms with van der Waals surface area (Å²) in [5.74, 6) is 2.57. The molecule has 0 aliphatic carbocycles. The zero-order chi connectivity index (χ0) is 22.2. The number of carbonyl (C=O) groups is 1. The van der Waals surface area contributed by atoms with Crippen LogP contribution in [0.15, 0.2) is 71.3 Å². The number of imidazole rings is 1. The molecular formula is C25H27N3O4. The molecule has 0 aliphatic heterocycles. The van der Waals surface area contributed by atoms with Gasteiger partial charge in [-0.05, 0) is 49.7 Å². The third-order valence-electron chi connectivity index (χ3n) is 5.06. The second kappa shape index (κ2) is 10.5. The number of furan rings is 1. The molecule has 2 aromatic carbocycles. The first-order valence-electron chi connectivity index (χ1n) is 10.9. The highest BCUT2D eigenvalue weighted by Crippen LogP contribution is 2.26. The number of aryl methyl sites for hydroxylation is 1. The third-order valence-corrected chi connectivity index (χ3v) is 5.06. The Kier molecular flexibility index (Phi) is 7.07. The maximum atomic E-state index is 12.0. The van der Waals surface area contributed by atoms with Crippen LogP contribution in [0.25, 0.3) is 11.0 Å². The summed E-state index contributed by atoms with van der Waals surface area (Å²) in [6.45, 7) is 4.24. The van der Waals surface area contributed by atoms with Gasteiger partial charge >= 0.3 is 0 Å². The predicted molar refractivity (Wildman–Crippen MR) is 122 cm³/mol. The van der Waals surface area contributed by atoms with Gasteiger partial charge in [-0.15, -0.1) is 0 Å². The molecule has 0 unspecified atom stereocenters. The Bertz CT molecular complexity index is 1150. The van der Waals surface area contributed by atoms with Crippen LogP contribution in [-0.4, -0.2) is 35.2 Å². The van der Waals surface area contributed by atoms with Gasteiger partial charge in [-0.1, -0.05) is 24.3 Å². The Hall–Kier alpha value is -3.74. The van der Waals surface area contributed by atoms with Gasteiger partial charge in [0, 0.05) is 13.0 Å². The average Bonchev–Trinajstić information content (AvgIpc) is 3.47. The van der Waals surface area contributed by atoms with E-state index in [2.05, 4.69) is 16.0 Å². The maximum Gasteiger partial charge on any atom is 0.286 e. The number of para-hydroxylation sites is 4. The standard InChI is InChI=1S/C25H27N3O4/c1-2-30-21-11-5-6-12-22(21)32-18-16-28-20-10-4-3-9-19(20)27-24(28)14-7-15-26-25(29)23-13-8-17-31-23/h3-6,8-13,17H,2,7,14-16,18H2,1H3,(H,26,29). The van der Waals surface area contributed by atoms with E-state index in [9.17, 15) is 4.79 Å². The number of benzene rings is 2. The summed E-state index contributed by atoms with van der Waals surface area (Å²) in [5.41, 5.74) is 2.03. The van der Waals surface area contributed by atoms with E-state index in [0.29, 0.717) is 32.1 Å². The largest absolute Gasteiger partial charge is 0.490 e. The zero-order valence-corrected chi connectivity index (χ0v) is 18.1. The van der Waals surface area contributed by atoms with Crippen LogP contribution in [-0.2, 0) is 13.0 Å². The molecule has 2 aromatic heterocycles. The van der Waals surface area contributed by atoms with Crippen molar-refractivity contribution in [1.29, 1.82) is 0 Å². The molecule has 0 atom stereocenters. The minimum absolute atomic E-state index is 0.204. The predicted octanol–water partition coefficient (Wildman–Crippen LogP) is 4.47. The molecule has 32 heavy (non-hydrogen) atoms. The number of rotatable bonds is 11. The van der Waals surface area contributed by atoms with E-state index >= 15 is 0 Å². The van der Waals surface area contributed by atoms with Gasteiger partial charge in [0.15, 0.2) is 17.3 Å². The second-order valence-electron chi connectivity index (χ2n) is 7.23. The van der Waals surface area contributed by atoms with E-state index in [-0.39, 0.29) is 5.91 Å². The number of hydrogen-bond donors (Lipinski definition) is 1. The number of nitrogens with one attached hydrogen (secondary N) is 1. The number of ether oxygens (including phenoxy) is 2. The van der Waals surface area contributed by atoms with E-state index in [1.165, 1.54) is 6.26 Å². The first kappa shape index (κ1) is 21.5. The molecule has 7 nitrogen and oxygen atoms in total. The van der Waals surface area contributed by atoms with Crippen LogP contribution in [0, 0.1) is 0 Å². The lowest BCUT2D eigenvalue weighted by molar-refractivity contribution is 0.0925. The summed E-state index contributed by atoms with van der Waals surface area (Å²) >= 11 is 0. The van der Waals surface area contributed by atoms with Crippen molar-refractivity contribution >= 4 is 16.9 Å². The van der Waals surface area contributed by atoms with Crippen molar-refractivity contribution in [3.8, 4) is 11.5 Å². The van der Waals surface area contributed by atoms with Crippen molar-refractivity contribution in [3.63, 3.8) is 0 Å². The van der Waals surface area contributed by atoms with Crippen molar-refractivity contribution < 1.29 is 18.7 Å². The van der Waals surface area contributed by atoms with Crippen molar-refractivity contribution in [2.75, 3.05) is 19.8 Å². The Balaban J connectivity index is 1.38. The van der Waals surface area contributed by atoms with Gasteiger partial charge in [0.05, 0.1) is 30.4 Å². The van der Waals surface area contributed by atoms with Gasteiger partial charge in [0.1, 0.15) is 12.4 Å². The van der Waals surface area contributed by atoms with Crippen LogP contribution in [0.4, 0.5) is 0 Å². The van der Waals surface area contributed by atoms with Crippen LogP contribution in [0.2, 0.25) is 0 Å². The second-order valence-corrected chi connectivity index (χ2v) is 7.23. The number of aromatic nitrogens is 2. The van der Waals surface area contributed by atoms with Gasteiger partial charge in [-0.3, -0.25) is 4.79 Å². The minimum Gasteiger partial charge on any atom is -0.490 e. The quantitative estimate of drug-likeness (QED) is 0.353. The van der Waals surface area contributed by atoms with Crippen LogP contribution < -0.4 is 14.8 Å². The summed E-state index contributed by atoms with van der Waals surface area (Å²) < 4.78 is 19.0. The van der Waals surface area contributed by atoms with Crippen LogP contribution in [0.5, 0.6) is 11.5 Å². The topological polar surface area (TPSA) is 78.5 Å². The van der Waals surface area contributed by atoms with Crippen molar-refractivity contribution in [3.05, 3.63) is 78.5 Å². The van der Waals surface area contributed by atoms with E-state index in [1.54, 1.807) is 12.1 Å². The van der Waals surface area contributed by atoms with Gasteiger partial charge < -0.3 is 23.8 Å². The molecule has 1 N–H and O–H groups in total. The van der Waals surface area contributed by atoms with E-state index in [0.717, 1.165) is 41.2 Å². The lowest BCUT2D eigenvalue weighted by atomic mass is 10.3. The number of hydrogen-bond acceptors (Lipinski definition) is 5. The van der Waals surface area contributed by atoms with Crippen LogP contribution >= 0.6 is 0 Å². The van der Waals surface area contributed by atoms with Crippen molar-refractivity contribution in [2.24, 2.45) is 0 Å². The van der Waals surface area contributed by atoms with Crippen molar-refractivity contribution in [1.82, 2.24) is 14.9 Å². The molecule has 0 saturated heterocycles. The molecule has 0 radical (unpaired) electrons. The first-order valence-corrected chi connectivity index (χ1v) is 10.9. The molecule has 0 bridgehead atoms. The molecule has 166 valence electrons. The van der Waals surface area contributed by atoms with E-state index < -0.39 is 0 Å². The molecule has 4 rings (SSSR count). The number of amides is 1. The molecule has 0 spiro atoms. The monoisotopic (exact) mass is 433 g/mol. The molecule has 0 aliphatic rings. The van der Waals surface area contributed by atoms with Gasteiger partial charge in [-0.2, -0.15) is 0 Å². The normalized spacial score (nSPS) is 10.9. The Morgan fingerprint density at radius 3 is 2.59 bits per heavy atom. The number of nitrogens with zero attached hydrogens (tertiary/aromatic N) is 2. The van der Waals surface area contributed by atoms with Gasteiger partial charge in [-0.25, -0.2) is 4.98 Å². The highest BCUT2D eigenvalue weighted by Gasteiger charge is 2.12. The molecular weight excluding hydrogens is 406 g/mol. The molecule has 0 saturated carbocycles. The molecule has 4 aromatic rings. The summed E-state index contributed by atoms with van der Waals surface area (Å²) in [6.07, 6.45) is 3.00. The average molecular weight is 434 g/mol. The Morgan fingerprint density at radius 1 is 1.03 bits per heavy atom. The van der Waals surface area contributed by atoms with Crippen LogP contribution in [0.1, 0.15) is 29.7 Å². The fraction of sp³-hybridized carbons (Fsp3) is 0.280. The maximum absolute atomic E-state index is 12.0. The van der Waals surface area contributed by atoms with E-state index in [1.807, 2.05) is 49.4 Å². The van der Waals surface area contributed by atoms with E-state index in [4.69, 9.17) is 18.9 Å². The summed E-state index contributed by atoms with van der Waals surface area (Å²) in [7, 11) is 0. The SMILES string of the molecule is CCOc1ccccc1OCCn1c(CCCNC(=O)c2ccco2)nc2ccccc21. The molecule has 1 amide bonds. The molecule has 0 fully saturated rings. The minimum atomic E-state index is -0.204. The third kappa shape index (κ3) is 5.11. The van der Waals surface area contributed by atoms with Gasteiger partial charge in [0.25, 0.3) is 5.91 Å². The fourth-order valence-electron chi connectivity index (χ4n) is 3.60. The summed E-state index contributed by atoms with van der Waals surface area (Å²) in [5, 5.41) is 2.88. The summed E-state index contributed by atoms with van der Waals surface area (Å²) in [6, 6.07) is 19.1. The highest BCUT2D eigenvalue weighted by atomic mass is 16.5. The lowest BCUT2D eigenvalue weighted by Gasteiger charge is -2.13. The van der Waals surface area contributed by atoms with Gasteiger partial charge in [0.2, 0.25) is 0 Å². The molecule has 7 heteroatoms. The Morgan fingerprint density at radius 2 is 1.81 bits per heavy atom. The first-order chi connectivity index (χ1) is 15.8. The highest BCUT2D eigenvalue weighted by molar-refractivity contribution is 5.91. The van der Waals surface area contributed by atoms with Crippen LogP contribution in [0.3, 0.4) is 0 Å². The molecule has 2 heterocycles. The number of carbonyl (C=O) groups excluding carboxylic acids is 1. The Labute approximate surface area is 187 Å². The fourth-order valence-corrected chi connectivity index (χ4v) is 3.60. The smallest absolute Gasteiger partial charge is 0.286 e.